The molecule has 32 heavy (non-hydrogen) atoms. The largest absolute Gasteiger partial charge is 0.493 e. The Hall–Kier alpha value is -3.65. The summed E-state index contributed by atoms with van der Waals surface area (Å²) >= 11 is 1.36. The van der Waals surface area contributed by atoms with E-state index >= 15 is 0 Å². The second-order valence-electron chi connectivity index (χ2n) is 7.16. The summed E-state index contributed by atoms with van der Waals surface area (Å²) < 4.78 is 10.7. The van der Waals surface area contributed by atoms with E-state index in [1.54, 1.807) is 44.6 Å². The molecule has 1 aromatic heterocycles. The van der Waals surface area contributed by atoms with Crippen molar-refractivity contribution < 1.29 is 19.1 Å². The monoisotopic (exact) mass is 449 g/mol. The lowest BCUT2D eigenvalue weighted by Gasteiger charge is -2.24. The number of amides is 2. The highest BCUT2D eigenvalue weighted by atomic mass is 32.1. The quantitative estimate of drug-likeness (QED) is 0.594. The molecule has 0 unspecified atom stereocenters. The zero-order chi connectivity index (χ0) is 22.5. The lowest BCUT2D eigenvalue weighted by atomic mass is 10.0. The number of hydrogen-bond donors (Lipinski definition) is 1. The number of hydrogen-bond acceptors (Lipinski definition) is 6. The van der Waals surface area contributed by atoms with Crippen LogP contribution in [-0.2, 0) is 0 Å². The third-order valence-electron chi connectivity index (χ3n) is 5.09. The molecule has 0 saturated carbocycles. The van der Waals surface area contributed by atoms with Gasteiger partial charge >= 0.3 is 0 Å². The lowest BCUT2D eigenvalue weighted by molar-refractivity contribution is 0.0751. The summed E-state index contributed by atoms with van der Waals surface area (Å²) in [6, 6.07) is 16.1. The van der Waals surface area contributed by atoms with Crippen molar-refractivity contribution in [2.24, 2.45) is 5.10 Å². The Balaban J connectivity index is 1.53. The van der Waals surface area contributed by atoms with Crippen LogP contribution >= 0.6 is 11.3 Å². The molecule has 0 radical (unpaired) electrons. The van der Waals surface area contributed by atoms with Gasteiger partial charge in [-0.05, 0) is 60.7 Å². The average Bonchev–Trinajstić information content (AvgIpc) is 3.39. The Kier molecular flexibility index (Phi) is 6.51. The zero-order valence-corrected chi connectivity index (χ0v) is 18.6. The van der Waals surface area contributed by atoms with Crippen LogP contribution in [0.4, 0.5) is 5.69 Å². The standard InChI is InChI=1S/C24H23N3O4S/c1-30-20-11-10-16(15-21(20)31-2)19-8-4-12-27(26-19)24(29)17-6-3-7-18(14-17)25-23(28)22-9-5-13-32-22/h3,5-7,9-11,13-15H,4,8,12H2,1-2H3,(H,25,28). The molecule has 3 aromatic rings. The van der Waals surface area contributed by atoms with E-state index in [1.807, 2.05) is 29.6 Å². The lowest BCUT2D eigenvalue weighted by Crippen LogP contribution is -2.32. The second-order valence-corrected chi connectivity index (χ2v) is 8.11. The third-order valence-corrected chi connectivity index (χ3v) is 5.96. The van der Waals surface area contributed by atoms with Crippen molar-refractivity contribution in [1.29, 1.82) is 0 Å². The minimum atomic E-state index is -0.213. The van der Waals surface area contributed by atoms with Crippen LogP contribution in [0, 0.1) is 0 Å². The van der Waals surface area contributed by atoms with Gasteiger partial charge in [-0.3, -0.25) is 9.59 Å². The second kappa shape index (κ2) is 9.65. The van der Waals surface area contributed by atoms with Crippen LogP contribution < -0.4 is 14.8 Å². The smallest absolute Gasteiger partial charge is 0.274 e. The summed E-state index contributed by atoms with van der Waals surface area (Å²) in [7, 11) is 3.18. The summed E-state index contributed by atoms with van der Waals surface area (Å²) in [5, 5.41) is 10.8. The molecule has 0 bridgehead atoms. The van der Waals surface area contributed by atoms with Gasteiger partial charge in [-0.25, -0.2) is 5.01 Å². The van der Waals surface area contributed by atoms with Gasteiger partial charge in [-0.15, -0.1) is 11.3 Å². The Morgan fingerprint density at radius 2 is 1.88 bits per heavy atom. The van der Waals surface area contributed by atoms with Gasteiger partial charge in [0.2, 0.25) is 0 Å². The zero-order valence-electron chi connectivity index (χ0n) is 17.8. The van der Waals surface area contributed by atoms with E-state index in [9.17, 15) is 9.59 Å². The van der Waals surface area contributed by atoms with E-state index in [1.165, 1.54) is 16.3 Å². The van der Waals surface area contributed by atoms with Crippen molar-refractivity contribution in [2.75, 3.05) is 26.1 Å². The van der Waals surface area contributed by atoms with E-state index in [4.69, 9.17) is 9.47 Å². The van der Waals surface area contributed by atoms with E-state index in [-0.39, 0.29) is 11.8 Å². The molecule has 1 aliphatic rings. The predicted octanol–water partition coefficient (Wildman–Crippen LogP) is 4.66. The number of rotatable bonds is 6. The molecular formula is C24H23N3O4S. The number of hydrazone groups is 1. The SMILES string of the molecule is COc1ccc(C2=NN(C(=O)c3cccc(NC(=O)c4cccs4)c3)CCC2)cc1OC. The highest BCUT2D eigenvalue weighted by Crippen LogP contribution is 2.29. The molecule has 7 nitrogen and oxygen atoms in total. The van der Waals surface area contributed by atoms with Gasteiger partial charge in [0.1, 0.15) is 0 Å². The fourth-order valence-electron chi connectivity index (χ4n) is 3.49. The molecule has 0 spiro atoms. The number of methoxy groups -OCH3 is 2. The van der Waals surface area contributed by atoms with Crippen LogP contribution in [0.2, 0.25) is 0 Å². The fourth-order valence-corrected chi connectivity index (χ4v) is 4.11. The topological polar surface area (TPSA) is 80.2 Å². The molecule has 8 heteroatoms. The molecule has 2 aromatic carbocycles. The Morgan fingerprint density at radius 3 is 2.62 bits per heavy atom. The van der Waals surface area contributed by atoms with Crippen LogP contribution in [-0.4, -0.2) is 43.3 Å². The van der Waals surface area contributed by atoms with Crippen molar-refractivity contribution in [3.05, 3.63) is 76.0 Å². The maximum Gasteiger partial charge on any atom is 0.274 e. The van der Waals surface area contributed by atoms with Crippen molar-refractivity contribution in [2.45, 2.75) is 12.8 Å². The first-order valence-corrected chi connectivity index (χ1v) is 11.0. The van der Waals surface area contributed by atoms with Crippen molar-refractivity contribution >= 4 is 34.6 Å². The molecule has 1 aliphatic heterocycles. The van der Waals surface area contributed by atoms with Crippen LogP contribution in [0.3, 0.4) is 0 Å². The minimum absolute atomic E-state index is 0.198. The normalized spacial score (nSPS) is 13.3. The molecule has 0 saturated heterocycles. The summed E-state index contributed by atoms with van der Waals surface area (Å²) in [6.45, 7) is 0.529. The van der Waals surface area contributed by atoms with Gasteiger partial charge in [0.05, 0.1) is 24.8 Å². The van der Waals surface area contributed by atoms with Crippen LogP contribution in [0.25, 0.3) is 0 Å². The predicted molar refractivity (Wildman–Crippen MR) is 125 cm³/mol. The van der Waals surface area contributed by atoms with Crippen molar-refractivity contribution in [1.82, 2.24) is 5.01 Å². The molecule has 0 atom stereocenters. The fraction of sp³-hybridized carbons (Fsp3) is 0.208. The summed E-state index contributed by atoms with van der Waals surface area (Å²) in [5.74, 6) is 0.846. The van der Waals surface area contributed by atoms with Gasteiger partial charge in [-0.1, -0.05) is 12.1 Å². The van der Waals surface area contributed by atoms with Crippen LogP contribution in [0.15, 0.2) is 65.1 Å². The Labute approximate surface area is 190 Å². The molecule has 0 aliphatic carbocycles. The van der Waals surface area contributed by atoms with Gasteiger partial charge in [0.15, 0.2) is 11.5 Å². The summed E-state index contributed by atoms with van der Waals surface area (Å²) in [5.41, 5.74) is 2.73. The van der Waals surface area contributed by atoms with Gasteiger partial charge in [0, 0.05) is 23.4 Å². The molecule has 2 heterocycles. The first-order valence-electron chi connectivity index (χ1n) is 10.2. The molecule has 4 rings (SSSR count). The third kappa shape index (κ3) is 4.65. The van der Waals surface area contributed by atoms with E-state index in [2.05, 4.69) is 10.4 Å². The maximum absolute atomic E-state index is 13.1. The number of anilines is 1. The van der Waals surface area contributed by atoms with Crippen LogP contribution in [0.5, 0.6) is 11.5 Å². The van der Waals surface area contributed by atoms with Gasteiger partial charge < -0.3 is 14.8 Å². The van der Waals surface area contributed by atoms with E-state index < -0.39 is 0 Å². The molecule has 164 valence electrons. The Bertz CT molecular complexity index is 1160. The molecule has 2 amide bonds. The van der Waals surface area contributed by atoms with Crippen LogP contribution in [0.1, 0.15) is 38.4 Å². The number of nitrogens with one attached hydrogen (secondary N) is 1. The molecular weight excluding hydrogens is 426 g/mol. The van der Waals surface area contributed by atoms with E-state index in [0.717, 1.165) is 24.1 Å². The number of ether oxygens (including phenoxy) is 2. The maximum atomic E-state index is 13.1. The number of thiophene rings is 1. The summed E-state index contributed by atoms with van der Waals surface area (Å²) in [6.07, 6.45) is 1.56. The molecule has 0 fully saturated rings. The van der Waals surface area contributed by atoms with Gasteiger partial charge in [0.25, 0.3) is 11.8 Å². The first-order chi connectivity index (χ1) is 15.6. The Morgan fingerprint density at radius 1 is 1.03 bits per heavy atom. The minimum Gasteiger partial charge on any atom is -0.493 e. The summed E-state index contributed by atoms with van der Waals surface area (Å²) in [4.78, 5) is 26.1. The average molecular weight is 450 g/mol. The highest BCUT2D eigenvalue weighted by molar-refractivity contribution is 7.12. The first kappa shape index (κ1) is 21.6. The van der Waals surface area contributed by atoms with Crippen molar-refractivity contribution in [3.8, 4) is 11.5 Å². The number of carbonyl (C=O) groups excluding carboxylic acids is 2. The molecule has 1 N–H and O–H groups in total. The van der Waals surface area contributed by atoms with E-state index in [0.29, 0.717) is 34.2 Å². The number of benzene rings is 2. The van der Waals surface area contributed by atoms with Crippen molar-refractivity contribution in [3.63, 3.8) is 0 Å². The highest BCUT2D eigenvalue weighted by Gasteiger charge is 2.22. The number of nitrogens with zero attached hydrogens (tertiary/aromatic N) is 2. The van der Waals surface area contributed by atoms with Gasteiger partial charge in [-0.2, -0.15) is 5.10 Å². The number of carbonyl (C=O) groups is 2.